The maximum atomic E-state index is 5.47. The number of methoxy groups -OCH3 is 1. The van der Waals surface area contributed by atoms with Gasteiger partial charge in [0.2, 0.25) is 5.90 Å². The molecule has 1 atom stereocenters. The Balaban J connectivity index is 2.10. The first-order chi connectivity index (χ1) is 6.90. The van der Waals surface area contributed by atoms with Crippen molar-refractivity contribution in [1.82, 2.24) is 0 Å². The molecule has 0 saturated heterocycles. The first-order valence-corrected chi connectivity index (χ1v) is 4.65. The first-order valence-electron chi connectivity index (χ1n) is 4.65. The summed E-state index contributed by atoms with van der Waals surface area (Å²) in [5.74, 6) is 0.729. The number of hydrogen-bond donors (Lipinski definition) is 0. The van der Waals surface area contributed by atoms with Crippen LogP contribution in [0.2, 0.25) is 0 Å². The zero-order valence-corrected chi connectivity index (χ0v) is 8.14. The van der Waals surface area contributed by atoms with Crippen LogP contribution in [-0.4, -0.2) is 32.3 Å². The summed E-state index contributed by atoms with van der Waals surface area (Å²) < 4.78 is 10.5. The number of benzene rings is 1. The van der Waals surface area contributed by atoms with Crippen molar-refractivity contribution in [2.75, 3.05) is 20.3 Å². The summed E-state index contributed by atoms with van der Waals surface area (Å²) in [6.45, 7) is 1.24. The van der Waals surface area contributed by atoms with E-state index in [4.69, 9.17) is 9.47 Å². The van der Waals surface area contributed by atoms with Crippen molar-refractivity contribution in [1.29, 1.82) is 0 Å². The Kier molecular flexibility index (Phi) is 2.79. The molecule has 3 nitrogen and oxygen atoms in total. The second-order valence-electron chi connectivity index (χ2n) is 3.22. The van der Waals surface area contributed by atoms with Crippen LogP contribution >= 0.6 is 0 Å². The number of ether oxygens (including phenoxy) is 2. The lowest BCUT2D eigenvalue weighted by molar-refractivity contribution is 0.165. The van der Waals surface area contributed by atoms with E-state index in [0.717, 1.165) is 11.5 Å². The van der Waals surface area contributed by atoms with Crippen LogP contribution in [0.15, 0.2) is 35.3 Å². The predicted octanol–water partition coefficient (Wildman–Crippen LogP) is 1.48. The van der Waals surface area contributed by atoms with Crippen LogP contribution in [0.25, 0.3) is 0 Å². The largest absolute Gasteiger partial charge is 0.475 e. The number of rotatable bonds is 3. The van der Waals surface area contributed by atoms with Crippen LogP contribution in [0.3, 0.4) is 0 Å². The van der Waals surface area contributed by atoms with Crippen LogP contribution in [0.4, 0.5) is 0 Å². The van der Waals surface area contributed by atoms with Crippen LogP contribution < -0.4 is 0 Å². The molecule has 0 N–H and O–H groups in total. The summed E-state index contributed by atoms with van der Waals surface area (Å²) >= 11 is 0. The standard InChI is InChI=1S/C11H13NO2/c1-13-7-10-8-14-11(12-10)9-5-3-2-4-6-9/h2-6,10H,7-8H2,1H3/t10-/m0/s1. The monoisotopic (exact) mass is 191 g/mol. The summed E-state index contributed by atoms with van der Waals surface area (Å²) in [4.78, 5) is 4.42. The zero-order valence-electron chi connectivity index (χ0n) is 8.14. The molecule has 1 aromatic carbocycles. The molecule has 1 aliphatic heterocycles. The van der Waals surface area contributed by atoms with Gasteiger partial charge in [0.25, 0.3) is 0 Å². The van der Waals surface area contributed by atoms with Gasteiger partial charge < -0.3 is 9.47 Å². The minimum atomic E-state index is 0.148. The third-order valence-corrected chi connectivity index (χ3v) is 2.09. The van der Waals surface area contributed by atoms with E-state index in [0.29, 0.717) is 13.2 Å². The molecule has 1 aliphatic rings. The van der Waals surface area contributed by atoms with E-state index >= 15 is 0 Å². The lowest BCUT2D eigenvalue weighted by Gasteiger charge is -2.00. The molecule has 0 amide bonds. The van der Waals surface area contributed by atoms with Crippen molar-refractivity contribution in [3.8, 4) is 0 Å². The first kappa shape index (κ1) is 9.21. The average molecular weight is 191 g/mol. The fourth-order valence-corrected chi connectivity index (χ4v) is 1.43. The summed E-state index contributed by atoms with van der Waals surface area (Å²) in [5, 5.41) is 0. The summed E-state index contributed by atoms with van der Waals surface area (Å²) in [7, 11) is 1.68. The number of nitrogens with zero attached hydrogens (tertiary/aromatic N) is 1. The molecule has 0 fully saturated rings. The third kappa shape index (κ3) is 1.93. The normalized spacial score (nSPS) is 20.4. The Morgan fingerprint density at radius 1 is 1.43 bits per heavy atom. The Labute approximate surface area is 83.4 Å². The van der Waals surface area contributed by atoms with Crippen molar-refractivity contribution >= 4 is 5.90 Å². The molecule has 1 heterocycles. The SMILES string of the molecule is COC[C@H]1COC(c2ccccc2)=N1. The van der Waals surface area contributed by atoms with E-state index in [9.17, 15) is 0 Å². The summed E-state index contributed by atoms with van der Waals surface area (Å²) in [6, 6.07) is 10.1. The van der Waals surface area contributed by atoms with Crippen molar-refractivity contribution in [2.24, 2.45) is 4.99 Å². The maximum absolute atomic E-state index is 5.47. The second kappa shape index (κ2) is 4.24. The van der Waals surface area contributed by atoms with E-state index in [1.54, 1.807) is 7.11 Å². The van der Waals surface area contributed by atoms with Gasteiger partial charge in [0.1, 0.15) is 12.6 Å². The highest BCUT2D eigenvalue weighted by Crippen LogP contribution is 2.11. The van der Waals surface area contributed by atoms with Gasteiger partial charge in [-0.3, -0.25) is 0 Å². The molecule has 3 heteroatoms. The van der Waals surface area contributed by atoms with Gasteiger partial charge in [0.05, 0.1) is 6.61 Å². The highest BCUT2D eigenvalue weighted by molar-refractivity contribution is 5.95. The van der Waals surface area contributed by atoms with Crippen molar-refractivity contribution in [2.45, 2.75) is 6.04 Å². The molecule has 0 bridgehead atoms. The fraction of sp³-hybridized carbons (Fsp3) is 0.364. The Morgan fingerprint density at radius 2 is 2.21 bits per heavy atom. The predicted molar refractivity (Wildman–Crippen MR) is 54.6 cm³/mol. The molecule has 0 aromatic heterocycles. The van der Waals surface area contributed by atoms with Crippen molar-refractivity contribution in [3.05, 3.63) is 35.9 Å². The molecule has 14 heavy (non-hydrogen) atoms. The number of hydrogen-bond acceptors (Lipinski definition) is 3. The highest BCUT2D eigenvalue weighted by atomic mass is 16.5. The maximum Gasteiger partial charge on any atom is 0.216 e. The third-order valence-electron chi connectivity index (χ3n) is 2.09. The molecule has 2 rings (SSSR count). The number of aliphatic imine (C=N–C) groups is 1. The van der Waals surface area contributed by atoms with Crippen molar-refractivity contribution < 1.29 is 9.47 Å². The minimum absolute atomic E-state index is 0.148. The van der Waals surface area contributed by atoms with E-state index in [1.165, 1.54) is 0 Å². The molecule has 0 saturated carbocycles. The second-order valence-corrected chi connectivity index (χ2v) is 3.22. The quantitative estimate of drug-likeness (QED) is 0.724. The molecule has 1 aromatic rings. The lowest BCUT2D eigenvalue weighted by Crippen LogP contribution is -2.12. The van der Waals surface area contributed by atoms with E-state index in [2.05, 4.69) is 4.99 Å². The van der Waals surface area contributed by atoms with Crippen LogP contribution in [-0.2, 0) is 9.47 Å². The molecule has 0 spiro atoms. The molecule has 74 valence electrons. The zero-order chi connectivity index (χ0) is 9.80. The van der Waals surface area contributed by atoms with Gasteiger partial charge in [0, 0.05) is 12.7 Å². The molecule has 0 aliphatic carbocycles. The molecule has 0 unspecified atom stereocenters. The van der Waals surface area contributed by atoms with Gasteiger partial charge in [-0.05, 0) is 12.1 Å². The molecular formula is C11H13NO2. The topological polar surface area (TPSA) is 30.8 Å². The van der Waals surface area contributed by atoms with Crippen LogP contribution in [0.5, 0.6) is 0 Å². The Hall–Kier alpha value is -1.35. The van der Waals surface area contributed by atoms with Crippen molar-refractivity contribution in [3.63, 3.8) is 0 Å². The van der Waals surface area contributed by atoms with E-state index in [1.807, 2.05) is 30.3 Å². The van der Waals surface area contributed by atoms with Gasteiger partial charge in [-0.25, -0.2) is 4.99 Å². The molecule has 0 radical (unpaired) electrons. The Bertz CT molecular complexity index is 321. The summed E-state index contributed by atoms with van der Waals surface area (Å²) in [6.07, 6.45) is 0. The van der Waals surface area contributed by atoms with Crippen LogP contribution in [0.1, 0.15) is 5.56 Å². The Morgan fingerprint density at radius 3 is 2.93 bits per heavy atom. The minimum Gasteiger partial charge on any atom is -0.475 e. The lowest BCUT2D eigenvalue weighted by atomic mass is 10.2. The van der Waals surface area contributed by atoms with E-state index in [-0.39, 0.29) is 6.04 Å². The van der Waals surface area contributed by atoms with Gasteiger partial charge in [0.15, 0.2) is 0 Å². The average Bonchev–Trinajstić information content (AvgIpc) is 2.68. The van der Waals surface area contributed by atoms with Crippen LogP contribution in [0, 0.1) is 0 Å². The van der Waals surface area contributed by atoms with Gasteiger partial charge in [-0.15, -0.1) is 0 Å². The van der Waals surface area contributed by atoms with Gasteiger partial charge in [-0.2, -0.15) is 0 Å². The fourth-order valence-electron chi connectivity index (χ4n) is 1.43. The van der Waals surface area contributed by atoms with Gasteiger partial charge in [-0.1, -0.05) is 18.2 Å². The highest BCUT2D eigenvalue weighted by Gasteiger charge is 2.19. The summed E-state index contributed by atoms with van der Waals surface area (Å²) in [5.41, 5.74) is 1.03. The molecular weight excluding hydrogens is 178 g/mol. The van der Waals surface area contributed by atoms with E-state index < -0.39 is 0 Å². The smallest absolute Gasteiger partial charge is 0.216 e. The van der Waals surface area contributed by atoms with Gasteiger partial charge >= 0.3 is 0 Å².